The van der Waals surface area contributed by atoms with Crippen molar-refractivity contribution in [3.8, 4) is 0 Å². The van der Waals surface area contributed by atoms with Gasteiger partial charge in [0, 0.05) is 0 Å². The van der Waals surface area contributed by atoms with Crippen molar-refractivity contribution < 1.29 is 4.39 Å². The Bertz CT molecular complexity index is 302. The number of hydrogen-bond donors (Lipinski definition) is 0. The van der Waals surface area contributed by atoms with E-state index in [1.807, 2.05) is 18.2 Å². The summed E-state index contributed by atoms with van der Waals surface area (Å²) in [5.74, 6) is -0.0617. The summed E-state index contributed by atoms with van der Waals surface area (Å²) in [5, 5.41) is 0. The van der Waals surface area contributed by atoms with Gasteiger partial charge in [0.05, 0.1) is 0 Å². The van der Waals surface area contributed by atoms with Crippen LogP contribution in [0.2, 0.25) is 0 Å². The van der Waals surface area contributed by atoms with Gasteiger partial charge in [-0.15, -0.1) is 6.58 Å². The maximum atomic E-state index is 13.4. The zero-order chi connectivity index (χ0) is 10.4. The molecule has 0 fully saturated rings. The van der Waals surface area contributed by atoms with Crippen molar-refractivity contribution >= 4 is 0 Å². The second kappa shape index (κ2) is 5.58. The lowest BCUT2D eigenvalue weighted by Gasteiger charge is -2.04. The number of aryl methyl sites for hydroxylation is 2. The van der Waals surface area contributed by atoms with Crippen molar-refractivity contribution in [2.45, 2.75) is 32.6 Å². The molecule has 14 heavy (non-hydrogen) atoms. The highest BCUT2D eigenvalue weighted by atomic mass is 19.1. The second-order valence-corrected chi connectivity index (χ2v) is 3.50. The van der Waals surface area contributed by atoms with Crippen LogP contribution in [0.1, 0.15) is 30.9 Å². The molecule has 0 amide bonds. The monoisotopic (exact) mass is 192 g/mol. The third-order valence-electron chi connectivity index (χ3n) is 2.27. The molecule has 1 rings (SSSR count). The molecule has 0 N–H and O–H groups in total. The molecule has 76 valence electrons. The third-order valence-corrected chi connectivity index (χ3v) is 2.27. The van der Waals surface area contributed by atoms with Gasteiger partial charge in [-0.2, -0.15) is 0 Å². The lowest BCUT2D eigenvalue weighted by molar-refractivity contribution is 0.605. The van der Waals surface area contributed by atoms with E-state index >= 15 is 0 Å². The summed E-state index contributed by atoms with van der Waals surface area (Å²) in [6.45, 7) is 5.71. The molecule has 0 aliphatic carbocycles. The second-order valence-electron chi connectivity index (χ2n) is 3.50. The molecule has 0 saturated heterocycles. The molecule has 1 aromatic carbocycles. The lowest BCUT2D eigenvalue weighted by Crippen LogP contribution is -1.92. The van der Waals surface area contributed by atoms with Crippen LogP contribution in [0.5, 0.6) is 0 Å². The first kappa shape index (κ1) is 11.0. The van der Waals surface area contributed by atoms with E-state index < -0.39 is 0 Å². The highest BCUT2D eigenvalue weighted by Crippen LogP contribution is 2.13. The molecular weight excluding hydrogens is 175 g/mol. The molecule has 0 nitrogen and oxygen atoms in total. The van der Waals surface area contributed by atoms with Gasteiger partial charge in [0.25, 0.3) is 0 Å². The molecule has 0 aliphatic rings. The van der Waals surface area contributed by atoms with Crippen LogP contribution in [-0.2, 0) is 12.8 Å². The normalized spacial score (nSPS) is 10.1. The van der Waals surface area contributed by atoms with E-state index in [4.69, 9.17) is 0 Å². The van der Waals surface area contributed by atoms with Gasteiger partial charge in [0.15, 0.2) is 0 Å². The van der Waals surface area contributed by atoms with Crippen molar-refractivity contribution in [1.29, 1.82) is 0 Å². The Morgan fingerprint density at radius 3 is 2.71 bits per heavy atom. The average Bonchev–Trinajstić information content (AvgIpc) is 2.19. The van der Waals surface area contributed by atoms with E-state index in [1.165, 1.54) is 0 Å². The maximum absolute atomic E-state index is 13.4. The van der Waals surface area contributed by atoms with Crippen LogP contribution in [-0.4, -0.2) is 0 Å². The first-order valence-electron chi connectivity index (χ1n) is 5.16. The average molecular weight is 192 g/mol. The molecular formula is C13H17F. The molecule has 0 heterocycles. The zero-order valence-corrected chi connectivity index (χ0v) is 8.72. The van der Waals surface area contributed by atoms with E-state index in [0.717, 1.165) is 36.8 Å². The fourth-order valence-electron chi connectivity index (χ4n) is 1.49. The number of rotatable bonds is 5. The van der Waals surface area contributed by atoms with Crippen LogP contribution in [0.4, 0.5) is 4.39 Å². The Morgan fingerprint density at radius 1 is 1.36 bits per heavy atom. The molecule has 0 saturated carbocycles. The van der Waals surface area contributed by atoms with Crippen molar-refractivity contribution in [3.63, 3.8) is 0 Å². The zero-order valence-electron chi connectivity index (χ0n) is 8.72. The van der Waals surface area contributed by atoms with E-state index in [0.29, 0.717) is 0 Å². The molecule has 0 unspecified atom stereocenters. The van der Waals surface area contributed by atoms with Gasteiger partial charge in [0.1, 0.15) is 5.82 Å². The van der Waals surface area contributed by atoms with Gasteiger partial charge in [-0.3, -0.25) is 0 Å². The predicted octanol–water partition coefficient (Wildman–Crippen LogP) is 3.90. The molecule has 1 heteroatoms. The summed E-state index contributed by atoms with van der Waals surface area (Å²) in [5.41, 5.74) is 1.89. The summed E-state index contributed by atoms with van der Waals surface area (Å²) >= 11 is 0. The number of benzene rings is 1. The first-order valence-corrected chi connectivity index (χ1v) is 5.16. The van der Waals surface area contributed by atoms with E-state index in [9.17, 15) is 4.39 Å². The van der Waals surface area contributed by atoms with E-state index in [-0.39, 0.29) is 5.82 Å². The van der Waals surface area contributed by atoms with Crippen LogP contribution in [0.25, 0.3) is 0 Å². The fraction of sp³-hybridized carbons (Fsp3) is 0.385. The summed E-state index contributed by atoms with van der Waals surface area (Å²) in [4.78, 5) is 0. The minimum absolute atomic E-state index is 0.0617. The van der Waals surface area contributed by atoms with Gasteiger partial charge in [0.2, 0.25) is 0 Å². The van der Waals surface area contributed by atoms with Crippen molar-refractivity contribution in [3.05, 3.63) is 47.8 Å². The molecule has 0 bridgehead atoms. The molecule has 0 atom stereocenters. The Kier molecular flexibility index (Phi) is 4.37. The van der Waals surface area contributed by atoms with Crippen LogP contribution in [0.3, 0.4) is 0 Å². The summed E-state index contributed by atoms with van der Waals surface area (Å²) < 4.78 is 13.4. The largest absolute Gasteiger partial charge is 0.207 e. The van der Waals surface area contributed by atoms with Crippen LogP contribution < -0.4 is 0 Å². The Balaban J connectivity index is 2.72. The predicted molar refractivity (Wildman–Crippen MR) is 58.9 cm³/mol. The topological polar surface area (TPSA) is 0 Å². The standard InChI is InChI=1S/C13H17F/c1-3-5-7-11-8-9-12(6-4-2)13(14)10-11/h3,8-10H,1,4-7H2,2H3. The van der Waals surface area contributed by atoms with Crippen molar-refractivity contribution in [2.24, 2.45) is 0 Å². The fourth-order valence-corrected chi connectivity index (χ4v) is 1.49. The van der Waals surface area contributed by atoms with Gasteiger partial charge < -0.3 is 0 Å². The summed E-state index contributed by atoms with van der Waals surface area (Å²) in [7, 11) is 0. The Labute approximate surface area is 85.5 Å². The number of allylic oxidation sites excluding steroid dienone is 1. The van der Waals surface area contributed by atoms with Crippen molar-refractivity contribution in [2.75, 3.05) is 0 Å². The lowest BCUT2D eigenvalue weighted by atomic mass is 10.0. The third kappa shape index (κ3) is 2.99. The molecule has 0 aliphatic heterocycles. The first-order chi connectivity index (χ1) is 6.77. The molecule has 1 aromatic rings. The summed E-state index contributed by atoms with van der Waals surface area (Å²) in [6, 6.07) is 5.56. The highest BCUT2D eigenvalue weighted by molar-refractivity contribution is 5.24. The Morgan fingerprint density at radius 2 is 2.14 bits per heavy atom. The van der Waals surface area contributed by atoms with Gasteiger partial charge in [-0.05, 0) is 36.5 Å². The molecule has 0 aromatic heterocycles. The van der Waals surface area contributed by atoms with Crippen LogP contribution in [0.15, 0.2) is 30.9 Å². The highest BCUT2D eigenvalue weighted by Gasteiger charge is 2.01. The van der Waals surface area contributed by atoms with E-state index in [2.05, 4.69) is 13.5 Å². The minimum atomic E-state index is -0.0617. The smallest absolute Gasteiger partial charge is 0.126 e. The van der Waals surface area contributed by atoms with Crippen molar-refractivity contribution in [1.82, 2.24) is 0 Å². The molecule has 0 spiro atoms. The molecule has 0 radical (unpaired) electrons. The Hall–Kier alpha value is -1.11. The maximum Gasteiger partial charge on any atom is 0.126 e. The quantitative estimate of drug-likeness (QED) is 0.621. The van der Waals surface area contributed by atoms with Crippen LogP contribution >= 0.6 is 0 Å². The number of hydrogen-bond acceptors (Lipinski definition) is 0. The van der Waals surface area contributed by atoms with Gasteiger partial charge in [-0.1, -0.05) is 31.6 Å². The van der Waals surface area contributed by atoms with Gasteiger partial charge >= 0.3 is 0 Å². The van der Waals surface area contributed by atoms with Gasteiger partial charge in [-0.25, -0.2) is 4.39 Å². The van der Waals surface area contributed by atoms with Crippen LogP contribution in [0, 0.1) is 5.82 Å². The minimum Gasteiger partial charge on any atom is -0.207 e. The van der Waals surface area contributed by atoms with E-state index in [1.54, 1.807) is 6.07 Å². The SMILES string of the molecule is C=CCCc1ccc(CCC)c(F)c1. The number of halogens is 1. The summed E-state index contributed by atoms with van der Waals surface area (Å²) in [6.07, 6.45) is 5.47.